The lowest BCUT2D eigenvalue weighted by Crippen LogP contribution is -2.37. The topological polar surface area (TPSA) is 66.5 Å². The summed E-state index contributed by atoms with van der Waals surface area (Å²) in [7, 11) is -3.69. The Hall–Kier alpha value is -2.57. The number of rotatable bonds is 5. The highest BCUT2D eigenvalue weighted by molar-refractivity contribution is 7.92. The summed E-state index contributed by atoms with van der Waals surface area (Å²) < 4.78 is 25.6. The highest BCUT2D eigenvalue weighted by Crippen LogP contribution is 2.35. The van der Waals surface area contributed by atoms with Gasteiger partial charge >= 0.3 is 0 Å². The van der Waals surface area contributed by atoms with Crippen molar-refractivity contribution < 1.29 is 13.2 Å². The second kappa shape index (κ2) is 7.11. The van der Waals surface area contributed by atoms with Gasteiger partial charge in [0.25, 0.3) is 0 Å². The van der Waals surface area contributed by atoms with Crippen LogP contribution in [-0.2, 0) is 27.7 Å². The quantitative estimate of drug-likeness (QED) is 0.686. The highest BCUT2D eigenvalue weighted by Gasteiger charge is 2.23. The minimum absolute atomic E-state index is 0.270. The van der Waals surface area contributed by atoms with E-state index in [0.29, 0.717) is 5.69 Å². The van der Waals surface area contributed by atoms with Gasteiger partial charge in [-0.3, -0.25) is 9.10 Å². The fourth-order valence-electron chi connectivity index (χ4n) is 3.71. The van der Waals surface area contributed by atoms with Gasteiger partial charge in [0.15, 0.2) is 0 Å². The molecular formula is C21H19ClN2O3S. The molecule has 0 spiro atoms. The number of para-hydroxylation sites is 1. The average molecular weight is 415 g/mol. The smallest absolute Gasteiger partial charge is 0.245 e. The van der Waals surface area contributed by atoms with E-state index in [-0.39, 0.29) is 17.3 Å². The van der Waals surface area contributed by atoms with Crippen LogP contribution in [0.25, 0.3) is 10.8 Å². The molecule has 0 saturated heterocycles. The third-order valence-corrected chi connectivity index (χ3v) is 6.41. The lowest BCUT2D eigenvalue weighted by atomic mass is 10.0. The van der Waals surface area contributed by atoms with Crippen LogP contribution in [0.15, 0.2) is 54.6 Å². The zero-order valence-electron chi connectivity index (χ0n) is 15.3. The Morgan fingerprint density at radius 3 is 2.46 bits per heavy atom. The molecule has 3 aromatic carbocycles. The Morgan fingerprint density at radius 2 is 1.75 bits per heavy atom. The highest BCUT2D eigenvalue weighted by atomic mass is 35.5. The molecular weight excluding hydrogens is 396 g/mol. The maximum absolute atomic E-state index is 12.7. The number of nitrogens with one attached hydrogen (secondary N) is 1. The van der Waals surface area contributed by atoms with Gasteiger partial charge in [-0.1, -0.05) is 48.0 Å². The van der Waals surface area contributed by atoms with Gasteiger partial charge in [-0.05, 0) is 47.6 Å². The normalized spacial score (nSPS) is 12.9. The summed E-state index contributed by atoms with van der Waals surface area (Å²) in [5, 5.41) is 5.30. The van der Waals surface area contributed by atoms with Gasteiger partial charge in [0, 0.05) is 11.1 Å². The minimum Gasteiger partial charge on any atom is -0.324 e. The molecule has 0 unspecified atom stereocenters. The third kappa shape index (κ3) is 3.45. The summed E-state index contributed by atoms with van der Waals surface area (Å²) in [6, 6.07) is 16.5. The third-order valence-electron chi connectivity index (χ3n) is 4.96. The van der Waals surface area contributed by atoms with Crippen molar-refractivity contribution in [1.29, 1.82) is 0 Å². The summed E-state index contributed by atoms with van der Waals surface area (Å²) in [6.45, 7) is -0.356. The van der Waals surface area contributed by atoms with E-state index in [4.69, 9.17) is 11.6 Å². The Balaban J connectivity index is 1.64. The molecule has 0 aromatic heterocycles. The standard InChI is InChI=1S/C21H19ClN2O3S/c1-28(26,27)24(19-8-3-2-7-17(19)22)13-20(25)23-18-12-11-15-10-9-14-5-4-6-16(18)21(14)15/h2-8,11-12H,9-10,13H2,1H3,(H,23,25). The summed E-state index contributed by atoms with van der Waals surface area (Å²) in [4.78, 5) is 12.7. The Labute approximate surface area is 169 Å². The van der Waals surface area contributed by atoms with E-state index in [1.54, 1.807) is 24.3 Å². The minimum atomic E-state index is -3.69. The van der Waals surface area contributed by atoms with E-state index < -0.39 is 15.9 Å². The van der Waals surface area contributed by atoms with E-state index >= 15 is 0 Å². The van der Waals surface area contributed by atoms with Crippen molar-refractivity contribution in [2.24, 2.45) is 0 Å². The summed E-state index contributed by atoms with van der Waals surface area (Å²) in [6.07, 6.45) is 3.06. The summed E-state index contributed by atoms with van der Waals surface area (Å²) in [5.74, 6) is -0.427. The predicted molar refractivity (Wildman–Crippen MR) is 114 cm³/mol. The van der Waals surface area contributed by atoms with E-state index in [2.05, 4.69) is 11.4 Å². The van der Waals surface area contributed by atoms with Crippen molar-refractivity contribution in [3.63, 3.8) is 0 Å². The molecule has 4 rings (SSSR count). The molecule has 1 N–H and O–H groups in total. The van der Waals surface area contributed by atoms with Crippen LogP contribution in [0.3, 0.4) is 0 Å². The number of sulfonamides is 1. The number of halogens is 1. The molecule has 5 nitrogen and oxygen atoms in total. The van der Waals surface area contributed by atoms with Gasteiger partial charge in [-0.15, -0.1) is 0 Å². The molecule has 7 heteroatoms. The Bertz CT molecular complexity index is 1180. The summed E-state index contributed by atoms with van der Waals surface area (Å²) >= 11 is 6.15. The van der Waals surface area contributed by atoms with E-state index in [1.807, 2.05) is 24.3 Å². The largest absolute Gasteiger partial charge is 0.324 e. The number of hydrogen-bond acceptors (Lipinski definition) is 3. The van der Waals surface area contributed by atoms with Crippen molar-refractivity contribution in [2.75, 3.05) is 22.4 Å². The monoisotopic (exact) mass is 414 g/mol. The molecule has 0 aliphatic heterocycles. The lowest BCUT2D eigenvalue weighted by molar-refractivity contribution is -0.114. The molecule has 0 heterocycles. The number of carbonyl (C=O) groups excluding carboxylic acids is 1. The van der Waals surface area contributed by atoms with Gasteiger partial charge < -0.3 is 5.32 Å². The molecule has 0 radical (unpaired) electrons. The van der Waals surface area contributed by atoms with Crippen LogP contribution in [0.4, 0.5) is 11.4 Å². The molecule has 1 aliphatic carbocycles. The maximum Gasteiger partial charge on any atom is 0.245 e. The number of carbonyl (C=O) groups is 1. The van der Waals surface area contributed by atoms with Crippen molar-refractivity contribution in [1.82, 2.24) is 0 Å². The van der Waals surface area contributed by atoms with Gasteiger partial charge in [0.1, 0.15) is 6.54 Å². The van der Waals surface area contributed by atoms with Crippen molar-refractivity contribution in [3.05, 3.63) is 70.7 Å². The van der Waals surface area contributed by atoms with Crippen LogP contribution >= 0.6 is 11.6 Å². The first-order chi connectivity index (χ1) is 13.3. The molecule has 0 atom stereocenters. The zero-order valence-corrected chi connectivity index (χ0v) is 16.8. The second-order valence-electron chi connectivity index (χ2n) is 6.88. The number of hydrogen-bond donors (Lipinski definition) is 1. The Morgan fingerprint density at radius 1 is 1.04 bits per heavy atom. The molecule has 0 bridgehead atoms. The van der Waals surface area contributed by atoms with Gasteiger partial charge in [0.05, 0.1) is 17.0 Å². The molecule has 1 amide bonds. The first-order valence-electron chi connectivity index (χ1n) is 8.90. The number of benzene rings is 3. The predicted octanol–water partition coefficient (Wildman–Crippen LogP) is 4.00. The van der Waals surface area contributed by atoms with E-state index in [9.17, 15) is 13.2 Å². The van der Waals surface area contributed by atoms with E-state index in [0.717, 1.165) is 28.8 Å². The molecule has 0 saturated carbocycles. The van der Waals surface area contributed by atoms with Gasteiger partial charge in [-0.2, -0.15) is 0 Å². The van der Waals surface area contributed by atoms with Gasteiger partial charge in [0.2, 0.25) is 15.9 Å². The van der Waals surface area contributed by atoms with Crippen LogP contribution in [0, 0.1) is 0 Å². The van der Waals surface area contributed by atoms with Crippen LogP contribution in [0.5, 0.6) is 0 Å². The fraction of sp³-hybridized carbons (Fsp3) is 0.190. The van der Waals surface area contributed by atoms with Crippen molar-refractivity contribution in [3.8, 4) is 0 Å². The number of anilines is 2. The van der Waals surface area contributed by atoms with Crippen molar-refractivity contribution >= 4 is 49.7 Å². The number of aryl methyl sites for hydroxylation is 2. The average Bonchev–Trinajstić information content (AvgIpc) is 3.07. The molecule has 144 valence electrons. The number of amides is 1. The maximum atomic E-state index is 12.7. The first-order valence-corrected chi connectivity index (χ1v) is 11.1. The van der Waals surface area contributed by atoms with Gasteiger partial charge in [-0.25, -0.2) is 8.42 Å². The molecule has 3 aromatic rings. The first kappa shape index (κ1) is 18.8. The van der Waals surface area contributed by atoms with Crippen LogP contribution < -0.4 is 9.62 Å². The summed E-state index contributed by atoms with van der Waals surface area (Å²) in [5.41, 5.74) is 3.51. The molecule has 0 fully saturated rings. The Kier molecular flexibility index (Phi) is 4.77. The van der Waals surface area contributed by atoms with Crippen LogP contribution in [0.1, 0.15) is 11.1 Å². The fourth-order valence-corrected chi connectivity index (χ4v) is 4.87. The number of nitrogens with zero attached hydrogens (tertiary/aromatic N) is 1. The molecule has 28 heavy (non-hydrogen) atoms. The van der Waals surface area contributed by atoms with E-state index in [1.165, 1.54) is 16.5 Å². The second-order valence-corrected chi connectivity index (χ2v) is 9.20. The SMILES string of the molecule is CS(=O)(=O)N(CC(=O)Nc1ccc2c3c(cccc13)CC2)c1ccccc1Cl. The lowest BCUT2D eigenvalue weighted by Gasteiger charge is -2.23. The molecule has 1 aliphatic rings. The van der Waals surface area contributed by atoms with Crippen molar-refractivity contribution in [2.45, 2.75) is 12.8 Å². The van der Waals surface area contributed by atoms with Crippen LogP contribution in [-0.4, -0.2) is 27.1 Å². The zero-order chi connectivity index (χ0) is 19.9. The van der Waals surface area contributed by atoms with Crippen LogP contribution in [0.2, 0.25) is 5.02 Å².